The van der Waals surface area contributed by atoms with E-state index in [1.54, 1.807) is 13.8 Å². The molecule has 1 aliphatic heterocycles. The topological polar surface area (TPSA) is 63.4 Å². The van der Waals surface area contributed by atoms with Crippen molar-refractivity contribution in [3.8, 4) is 0 Å². The predicted molar refractivity (Wildman–Crippen MR) is 79.0 cm³/mol. The second-order valence-electron chi connectivity index (χ2n) is 5.12. The fourth-order valence-corrected chi connectivity index (χ4v) is 4.11. The summed E-state index contributed by atoms with van der Waals surface area (Å²) in [6.07, 6.45) is 0.787. The second-order valence-corrected chi connectivity index (χ2v) is 7.06. The van der Waals surface area contributed by atoms with Gasteiger partial charge in [-0.05, 0) is 56.0 Å². The summed E-state index contributed by atoms with van der Waals surface area (Å²) in [6, 6.07) is 2.79. The number of hydrogen-bond donors (Lipinski definition) is 1. The van der Waals surface area contributed by atoms with Gasteiger partial charge in [-0.2, -0.15) is 4.31 Å². The molecule has 4 nitrogen and oxygen atoms in total. The number of sulfonamides is 1. The molecule has 2 N–H and O–H groups in total. The standard InChI is InChI=1S/C13H19FN2O2S.ClH/c1-9-5-12(6-10(2)13(9)14)19(17,18)16-4-3-11(7-15)8-16;/h5-6,11H,3-4,7-8,15H2,1-2H3;1H. The monoisotopic (exact) mass is 322 g/mol. The van der Waals surface area contributed by atoms with E-state index in [0.29, 0.717) is 30.8 Å². The number of benzene rings is 1. The zero-order valence-corrected chi connectivity index (χ0v) is 13.2. The van der Waals surface area contributed by atoms with Crippen LogP contribution in [0.25, 0.3) is 0 Å². The van der Waals surface area contributed by atoms with Crippen LogP contribution in [0.2, 0.25) is 0 Å². The highest BCUT2D eigenvalue weighted by atomic mass is 35.5. The summed E-state index contributed by atoms with van der Waals surface area (Å²) < 4.78 is 40.0. The molecule has 0 spiro atoms. The largest absolute Gasteiger partial charge is 0.330 e. The lowest BCUT2D eigenvalue weighted by molar-refractivity contribution is 0.458. The van der Waals surface area contributed by atoms with Crippen molar-refractivity contribution in [2.75, 3.05) is 19.6 Å². The Balaban J connectivity index is 0.00000200. The number of halogens is 2. The third-order valence-electron chi connectivity index (χ3n) is 3.63. The van der Waals surface area contributed by atoms with Gasteiger partial charge in [-0.1, -0.05) is 0 Å². The first-order chi connectivity index (χ1) is 8.86. The van der Waals surface area contributed by atoms with Crippen molar-refractivity contribution in [3.63, 3.8) is 0 Å². The molecular weight excluding hydrogens is 303 g/mol. The van der Waals surface area contributed by atoms with E-state index in [-0.39, 0.29) is 29.0 Å². The lowest BCUT2D eigenvalue weighted by Crippen LogP contribution is -2.30. The van der Waals surface area contributed by atoms with Crippen LogP contribution in [0.5, 0.6) is 0 Å². The average molecular weight is 323 g/mol. The molecule has 1 aromatic carbocycles. The summed E-state index contributed by atoms with van der Waals surface area (Å²) in [4.78, 5) is 0.168. The average Bonchev–Trinajstić information content (AvgIpc) is 2.84. The zero-order valence-electron chi connectivity index (χ0n) is 11.6. The van der Waals surface area contributed by atoms with Gasteiger partial charge in [0.25, 0.3) is 0 Å². The van der Waals surface area contributed by atoms with E-state index in [1.807, 2.05) is 0 Å². The van der Waals surface area contributed by atoms with Crippen LogP contribution in [0.3, 0.4) is 0 Å². The summed E-state index contributed by atoms with van der Waals surface area (Å²) in [6.45, 7) is 4.59. The fraction of sp³-hybridized carbons (Fsp3) is 0.538. The number of hydrogen-bond acceptors (Lipinski definition) is 3. The zero-order chi connectivity index (χ0) is 14.2. The fourth-order valence-electron chi connectivity index (χ4n) is 2.41. The number of rotatable bonds is 3. The van der Waals surface area contributed by atoms with Crippen molar-refractivity contribution in [2.45, 2.75) is 25.2 Å². The Kier molecular flexibility index (Phi) is 5.54. The third-order valence-corrected chi connectivity index (χ3v) is 5.47. The molecule has 0 aromatic heterocycles. The molecule has 0 bridgehead atoms. The van der Waals surface area contributed by atoms with E-state index in [1.165, 1.54) is 16.4 Å². The first kappa shape index (κ1) is 17.4. The highest BCUT2D eigenvalue weighted by molar-refractivity contribution is 7.89. The molecule has 0 radical (unpaired) electrons. The summed E-state index contributed by atoms with van der Waals surface area (Å²) in [5.41, 5.74) is 6.28. The van der Waals surface area contributed by atoms with Gasteiger partial charge in [0.15, 0.2) is 0 Å². The van der Waals surface area contributed by atoms with E-state index < -0.39 is 10.0 Å². The third kappa shape index (κ3) is 3.14. The minimum absolute atomic E-state index is 0. The maximum absolute atomic E-state index is 13.6. The second kappa shape index (κ2) is 6.39. The normalized spacial score (nSPS) is 19.9. The van der Waals surface area contributed by atoms with E-state index in [9.17, 15) is 12.8 Å². The van der Waals surface area contributed by atoms with Gasteiger partial charge in [-0.25, -0.2) is 12.8 Å². The minimum Gasteiger partial charge on any atom is -0.330 e. The molecule has 0 aliphatic carbocycles. The maximum atomic E-state index is 13.6. The Bertz CT molecular complexity index is 569. The van der Waals surface area contributed by atoms with Crippen LogP contribution in [0, 0.1) is 25.6 Å². The summed E-state index contributed by atoms with van der Waals surface area (Å²) in [5.74, 6) is -0.127. The molecule has 1 unspecified atom stereocenters. The molecule has 1 aliphatic rings. The SMILES string of the molecule is Cc1cc(S(=O)(=O)N2CCC(CN)C2)cc(C)c1F.Cl. The van der Waals surface area contributed by atoms with Crippen LogP contribution in [0.15, 0.2) is 17.0 Å². The van der Waals surface area contributed by atoms with Crippen LogP contribution in [-0.2, 0) is 10.0 Å². The molecule has 1 aromatic rings. The van der Waals surface area contributed by atoms with Crippen LogP contribution >= 0.6 is 12.4 Å². The van der Waals surface area contributed by atoms with Crippen molar-refractivity contribution in [1.82, 2.24) is 4.31 Å². The van der Waals surface area contributed by atoms with E-state index in [0.717, 1.165) is 6.42 Å². The van der Waals surface area contributed by atoms with Crippen LogP contribution in [0.4, 0.5) is 4.39 Å². The van der Waals surface area contributed by atoms with Gasteiger partial charge in [0.05, 0.1) is 4.90 Å². The van der Waals surface area contributed by atoms with Gasteiger partial charge in [0, 0.05) is 13.1 Å². The Morgan fingerprint density at radius 1 is 1.35 bits per heavy atom. The molecule has 2 rings (SSSR count). The maximum Gasteiger partial charge on any atom is 0.243 e. The smallest absolute Gasteiger partial charge is 0.243 e. The van der Waals surface area contributed by atoms with Gasteiger partial charge in [-0.15, -0.1) is 12.4 Å². The Hall–Kier alpha value is -0.690. The molecule has 1 atom stereocenters. The first-order valence-corrected chi connectivity index (χ1v) is 7.77. The van der Waals surface area contributed by atoms with Crippen LogP contribution in [0.1, 0.15) is 17.5 Å². The molecule has 114 valence electrons. The van der Waals surface area contributed by atoms with Gasteiger partial charge >= 0.3 is 0 Å². The summed E-state index contributed by atoms with van der Waals surface area (Å²) >= 11 is 0. The summed E-state index contributed by atoms with van der Waals surface area (Å²) in [5, 5.41) is 0. The molecule has 0 amide bonds. The van der Waals surface area contributed by atoms with E-state index in [4.69, 9.17) is 5.73 Å². The lowest BCUT2D eigenvalue weighted by Gasteiger charge is -2.17. The molecule has 1 saturated heterocycles. The van der Waals surface area contributed by atoms with Crippen molar-refractivity contribution in [1.29, 1.82) is 0 Å². The van der Waals surface area contributed by atoms with Crippen molar-refractivity contribution >= 4 is 22.4 Å². The van der Waals surface area contributed by atoms with Gasteiger partial charge in [0.1, 0.15) is 5.82 Å². The van der Waals surface area contributed by atoms with Crippen LogP contribution < -0.4 is 5.73 Å². The Labute approximate surface area is 125 Å². The van der Waals surface area contributed by atoms with E-state index in [2.05, 4.69) is 0 Å². The lowest BCUT2D eigenvalue weighted by atomic mass is 10.1. The van der Waals surface area contributed by atoms with Gasteiger partial charge in [-0.3, -0.25) is 0 Å². The minimum atomic E-state index is -3.53. The molecular formula is C13H20ClFN2O2S. The first-order valence-electron chi connectivity index (χ1n) is 6.33. The Morgan fingerprint density at radius 3 is 2.35 bits per heavy atom. The quantitative estimate of drug-likeness (QED) is 0.923. The summed E-state index contributed by atoms with van der Waals surface area (Å²) in [7, 11) is -3.53. The van der Waals surface area contributed by atoms with Crippen LogP contribution in [-0.4, -0.2) is 32.4 Å². The number of nitrogens with two attached hydrogens (primary N) is 1. The van der Waals surface area contributed by atoms with Crippen molar-refractivity contribution in [3.05, 3.63) is 29.1 Å². The van der Waals surface area contributed by atoms with Gasteiger partial charge in [0.2, 0.25) is 10.0 Å². The Morgan fingerprint density at radius 2 is 1.90 bits per heavy atom. The predicted octanol–water partition coefficient (Wildman–Crippen LogP) is 1.83. The van der Waals surface area contributed by atoms with E-state index >= 15 is 0 Å². The molecule has 1 fully saturated rings. The molecule has 20 heavy (non-hydrogen) atoms. The van der Waals surface area contributed by atoms with Crippen molar-refractivity contribution in [2.24, 2.45) is 11.7 Å². The number of nitrogens with zero attached hydrogens (tertiary/aromatic N) is 1. The highest BCUT2D eigenvalue weighted by Crippen LogP contribution is 2.26. The number of aryl methyl sites for hydroxylation is 2. The molecule has 7 heteroatoms. The molecule has 1 heterocycles. The van der Waals surface area contributed by atoms with Crippen molar-refractivity contribution < 1.29 is 12.8 Å². The molecule has 0 saturated carbocycles. The highest BCUT2D eigenvalue weighted by Gasteiger charge is 2.32. The van der Waals surface area contributed by atoms with Gasteiger partial charge < -0.3 is 5.73 Å².